The van der Waals surface area contributed by atoms with Gasteiger partial charge in [-0.05, 0) is 29.8 Å². The largest absolute Gasteiger partial charge is 0.486 e. The van der Waals surface area contributed by atoms with Gasteiger partial charge in [-0.2, -0.15) is 0 Å². The number of sulfonamides is 1. The molecule has 3 heterocycles. The van der Waals surface area contributed by atoms with Gasteiger partial charge in [-0.1, -0.05) is 0 Å². The first-order valence-corrected chi connectivity index (χ1v) is 11.8. The Morgan fingerprint density at radius 2 is 1.71 bits per heavy atom. The van der Waals surface area contributed by atoms with Gasteiger partial charge in [0.05, 0.1) is 4.90 Å². The van der Waals surface area contributed by atoms with Gasteiger partial charge < -0.3 is 14.4 Å². The van der Waals surface area contributed by atoms with Gasteiger partial charge >= 0.3 is 0 Å². The lowest BCUT2D eigenvalue weighted by molar-refractivity contribution is -0.132. The van der Waals surface area contributed by atoms with E-state index in [9.17, 15) is 13.2 Å². The fourth-order valence-electron chi connectivity index (χ4n) is 3.63. The van der Waals surface area contributed by atoms with Gasteiger partial charge in [0.1, 0.15) is 13.2 Å². The Bertz CT molecular complexity index is 1010. The first kappa shape index (κ1) is 21.5. The van der Waals surface area contributed by atoms with Crippen LogP contribution in [0.15, 0.2) is 47.6 Å². The number of aromatic nitrogens is 1. The molecular weight excluding hydrogens is 420 g/mol. The molecule has 2 aliphatic rings. The molecule has 0 radical (unpaired) electrons. The van der Waals surface area contributed by atoms with E-state index in [1.165, 1.54) is 17.7 Å². The second-order valence-corrected chi connectivity index (χ2v) is 9.23. The van der Waals surface area contributed by atoms with Gasteiger partial charge in [0.2, 0.25) is 15.9 Å². The zero-order valence-electron chi connectivity index (χ0n) is 17.2. The minimum atomic E-state index is -3.73. The summed E-state index contributed by atoms with van der Waals surface area (Å²) < 4.78 is 38.5. The highest BCUT2D eigenvalue weighted by molar-refractivity contribution is 7.89. The molecule has 1 saturated heterocycles. The third kappa shape index (κ3) is 5.52. The van der Waals surface area contributed by atoms with Crippen LogP contribution in [0.5, 0.6) is 11.5 Å². The van der Waals surface area contributed by atoms with Crippen molar-refractivity contribution in [3.05, 3.63) is 48.3 Å². The first-order valence-electron chi connectivity index (χ1n) is 10.3. The molecule has 1 amide bonds. The van der Waals surface area contributed by atoms with E-state index in [-0.39, 0.29) is 23.8 Å². The van der Waals surface area contributed by atoms with E-state index >= 15 is 0 Å². The Hall–Kier alpha value is -2.69. The van der Waals surface area contributed by atoms with E-state index in [1.807, 2.05) is 12.1 Å². The molecule has 1 aromatic carbocycles. The normalized spacial score (nSPS) is 16.8. The quantitative estimate of drug-likeness (QED) is 0.673. The van der Waals surface area contributed by atoms with Crippen LogP contribution in [0.4, 0.5) is 0 Å². The standard InChI is InChI=1S/C21H26N4O5S/c26-21(25-11-9-24(10-12-25)16-17-3-6-22-7-4-17)5-8-23-31(27,28)18-1-2-19-20(15-18)30-14-13-29-19/h1-4,6-7,15,23H,5,8-14,16H2. The number of carbonyl (C=O) groups is 1. The summed E-state index contributed by atoms with van der Waals surface area (Å²) >= 11 is 0. The van der Waals surface area contributed by atoms with E-state index in [0.717, 1.165) is 19.6 Å². The molecule has 0 spiro atoms. The van der Waals surface area contributed by atoms with Gasteiger partial charge in [-0.15, -0.1) is 0 Å². The van der Waals surface area contributed by atoms with Crippen LogP contribution in [0.3, 0.4) is 0 Å². The van der Waals surface area contributed by atoms with Gasteiger partial charge in [-0.3, -0.25) is 14.7 Å². The Balaban J connectivity index is 1.23. The fraction of sp³-hybridized carbons (Fsp3) is 0.429. The van der Waals surface area contributed by atoms with Crippen LogP contribution in [0.2, 0.25) is 0 Å². The molecule has 0 aliphatic carbocycles. The maximum absolute atomic E-state index is 12.5. The third-order valence-electron chi connectivity index (χ3n) is 5.34. The predicted molar refractivity (Wildman–Crippen MR) is 113 cm³/mol. The molecular formula is C21H26N4O5S. The van der Waals surface area contributed by atoms with Gasteiger partial charge in [-0.25, -0.2) is 13.1 Å². The minimum Gasteiger partial charge on any atom is -0.486 e. The molecule has 1 N–H and O–H groups in total. The predicted octanol–water partition coefficient (Wildman–Crippen LogP) is 0.866. The molecule has 4 rings (SSSR count). The first-order chi connectivity index (χ1) is 15.0. The molecule has 0 saturated carbocycles. The number of pyridine rings is 1. The van der Waals surface area contributed by atoms with Gasteiger partial charge in [0.25, 0.3) is 0 Å². The maximum atomic E-state index is 12.5. The topological polar surface area (TPSA) is 101 Å². The number of ether oxygens (including phenoxy) is 2. The summed E-state index contributed by atoms with van der Waals surface area (Å²) in [5.74, 6) is 0.895. The summed E-state index contributed by atoms with van der Waals surface area (Å²) in [4.78, 5) is 20.7. The molecule has 0 atom stereocenters. The Labute approximate surface area is 182 Å². The smallest absolute Gasteiger partial charge is 0.240 e. The lowest BCUT2D eigenvalue weighted by Gasteiger charge is -2.34. The van der Waals surface area contributed by atoms with Crippen LogP contribution in [-0.4, -0.2) is 75.0 Å². The highest BCUT2D eigenvalue weighted by Gasteiger charge is 2.23. The van der Waals surface area contributed by atoms with Crippen molar-refractivity contribution in [2.24, 2.45) is 0 Å². The van der Waals surface area contributed by atoms with Crippen molar-refractivity contribution in [1.82, 2.24) is 19.5 Å². The molecule has 9 nitrogen and oxygen atoms in total. The van der Waals surface area contributed by atoms with Crippen molar-refractivity contribution in [1.29, 1.82) is 0 Å². The number of rotatable bonds is 7. The van der Waals surface area contributed by atoms with Crippen molar-refractivity contribution in [3.8, 4) is 11.5 Å². The molecule has 31 heavy (non-hydrogen) atoms. The van der Waals surface area contributed by atoms with Crippen LogP contribution in [0.1, 0.15) is 12.0 Å². The SMILES string of the molecule is O=C(CCNS(=O)(=O)c1ccc2c(c1)OCCO2)N1CCN(Cc2ccncc2)CC1. The van der Waals surface area contributed by atoms with E-state index in [2.05, 4.69) is 14.6 Å². The lowest BCUT2D eigenvalue weighted by atomic mass is 10.2. The van der Waals surface area contributed by atoms with Crippen molar-refractivity contribution >= 4 is 15.9 Å². The van der Waals surface area contributed by atoms with E-state index in [1.54, 1.807) is 23.4 Å². The van der Waals surface area contributed by atoms with Crippen molar-refractivity contribution in [2.45, 2.75) is 17.9 Å². The number of carbonyl (C=O) groups excluding carboxylic acids is 1. The molecule has 0 bridgehead atoms. The second-order valence-electron chi connectivity index (χ2n) is 7.47. The highest BCUT2D eigenvalue weighted by atomic mass is 32.2. The summed E-state index contributed by atoms with van der Waals surface area (Å²) in [6.07, 6.45) is 3.68. The minimum absolute atomic E-state index is 0.0477. The second kappa shape index (κ2) is 9.63. The molecule has 0 unspecified atom stereocenters. The van der Waals surface area contributed by atoms with Crippen LogP contribution in [-0.2, 0) is 21.4 Å². The number of amides is 1. The third-order valence-corrected chi connectivity index (χ3v) is 6.79. The summed E-state index contributed by atoms with van der Waals surface area (Å²) in [7, 11) is -3.73. The average Bonchev–Trinajstić information content (AvgIpc) is 2.80. The number of fused-ring (bicyclic) bond motifs is 1. The lowest BCUT2D eigenvalue weighted by Crippen LogP contribution is -2.48. The van der Waals surface area contributed by atoms with Crippen molar-refractivity contribution in [3.63, 3.8) is 0 Å². The summed E-state index contributed by atoms with van der Waals surface area (Å²) in [6.45, 7) is 4.56. The molecule has 1 aromatic heterocycles. The Morgan fingerprint density at radius 1 is 1.00 bits per heavy atom. The zero-order valence-corrected chi connectivity index (χ0v) is 18.0. The van der Waals surface area contributed by atoms with Crippen molar-refractivity contribution < 1.29 is 22.7 Å². The monoisotopic (exact) mass is 446 g/mol. The summed E-state index contributed by atoms with van der Waals surface area (Å²) in [5.41, 5.74) is 1.20. The zero-order chi connectivity index (χ0) is 21.7. The number of piperazine rings is 1. The number of hydrogen-bond acceptors (Lipinski definition) is 7. The number of benzene rings is 1. The maximum Gasteiger partial charge on any atom is 0.240 e. The van der Waals surface area contributed by atoms with E-state index in [0.29, 0.717) is 37.8 Å². The van der Waals surface area contributed by atoms with E-state index in [4.69, 9.17) is 9.47 Å². The molecule has 2 aliphatic heterocycles. The van der Waals surface area contributed by atoms with E-state index < -0.39 is 10.0 Å². The van der Waals surface area contributed by atoms with Crippen LogP contribution in [0.25, 0.3) is 0 Å². The van der Waals surface area contributed by atoms with Gasteiger partial charge in [0, 0.05) is 64.1 Å². The molecule has 2 aromatic rings. The Kier molecular flexibility index (Phi) is 6.69. The number of nitrogens with zero attached hydrogens (tertiary/aromatic N) is 3. The molecule has 10 heteroatoms. The molecule has 166 valence electrons. The fourth-order valence-corrected chi connectivity index (χ4v) is 4.67. The summed E-state index contributed by atoms with van der Waals surface area (Å²) in [6, 6.07) is 8.48. The van der Waals surface area contributed by atoms with Crippen LogP contribution in [0, 0.1) is 0 Å². The number of hydrogen-bond donors (Lipinski definition) is 1. The van der Waals surface area contributed by atoms with Crippen LogP contribution >= 0.6 is 0 Å². The average molecular weight is 447 g/mol. The van der Waals surface area contributed by atoms with Gasteiger partial charge in [0.15, 0.2) is 11.5 Å². The summed E-state index contributed by atoms with van der Waals surface area (Å²) in [5, 5.41) is 0. The molecule has 1 fully saturated rings. The highest BCUT2D eigenvalue weighted by Crippen LogP contribution is 2.32. The van der Waals surface area contributed by atoms with Crippen molar-refractivity contribution in [2.75, 3.05) is 45.9 Å². The van der Waals surface area contributed by atoms with Crippen LogP contribution < -0.4 is 14.2 Å². The Morgan fingerprint density at radius 3 is 2.45 bits per heavy atom. The number of nitrogens with one attached hydrogen (secondary N) is 1.